The largest absolute Gasteiger partial charge is 0.508 e. The van der Waals surface area contributed by atoms with Gasteiger partial charge in [-0.25, -0.2) is 4.79 Å². The van der Waals surface area contributed by atoms with Gasteiger partial charge in [-0.05, 0) is 115 Å². The second kappa shape index (κ2) is 11.0. The van der Waals surface area contributed by atoms with Crippen LogP contribution in [0, 0.1) is 56.7 Å². The first-order chi connectivity index (χ1) is 22.3. The molecule has 2 spiro atoms. The minimum atomic E-state index is -0.684. The van der Waals surface area contributed by atoms with Gasteiger partial charge in [0.1, 0.15) is 6.61 Å². The highest BCUT2D eigenvalue weighted by Gasteiger charge is 2.84. The number of nitrogens with zero attached hydrogens (tertiary/aromatic N) is 1. The van der Waals surface area contributed by atoms with Crippen molar-refractivity contribution < 1.29 is 38.4 Å². The lowest BCUT2D eigenvalue weighted by molar-refractivity contribution is -0.248. The summed E-state index contributed by atoms with van der Waals surface area (Å²) >= 11 is 0. The molecule has 9 nitrogen and oxygen atoms in total. The molecule has 0 bridgehead atoms. The lowest BCUT2D eigenvalue weighted by atomic mass is 9.41. The molecular formula is C38H59NO8. The summed E-state index contributed by atoms with van der Waals surface area (Å²) in [5.74, 6) is 2.55. The summed E-state index contributed by atoms with van der Waals surface area (Å²) in [6.07, 6.45) is 10.1. The van der Waals surface area contributed by atoms with Crippen LogP contribution in [0.4, 0.5) is 4.79 Å². The number of hydrogen-bond acceptors (Lipinski definition) is 8. The van der Waals surface area contributed by atoms with Crippen molar-refractivity contribution in [1.82, 2.24) is 4.90 Å². The molecule has 2 saturated heterocycles. The molecule has 0 aromatic carbocycles. The molecule has 8 fully saturated rings. The normalized spacial score (nSPS) is 51.0. The van der Waals surface area contributed by atoms with Crippen LogP contribution in [0.2, 0.25) is 0 Å². The minimum Gasteiger partial charge on any atom is -0.438 e. The molecule has 1 N–H and O–H groups in total. The Bertz CT molecular complexity index is 1270. The highest BCUT2D eigenvalue weighted by molar-refractivity contribution is 5.76. The molecule has 0 unspecified atom stereocenters. The summed E-state index contributed by atoms with van der Waals surface area (Å²) in [7, 11) is 1.32. The Morgan fingerprint density at radius 2 is 1.72 bits per heavy atom. The van der Waals surface area contributed by atoms with Gasteiger partial charge in [0.2, 0.25) is 5.91 Å². The number of fused-ring (bicyclic) bond motifs is 4. The molecule has 2 heterocycles. The number of rotatable bonds is 6. The van der Waals surface area contributed by atoms with Gasteiger partial charge >= 0.3 is 6.16 Å². The van der Waals surface area contributed by atoms with Crippen molar-refractivity contribution in [1.29, 1.82) is 0 Å². The first-order valence-corrected chi connectivity index (χ1v) is 18.9. The van der Waals surface area contributed by atoms with E-state index in [0.29, 0.717) is 55.2 Å². The zero-order valence-corrected chi connectivity index (χ0v) is 29.6. The van der Waals surface area contributed by atoms with Crippen LogP contribution < -0.4 is 0 Å². The van der Waals surface area contributed by atoms with Gasteiger partial charge in [0, 0.05) is 18.4 Å². The molecule has 0 aromatic heterocycles. The smallest absolute Gasteiger partial charge is 0.438 e. The van der Waals surface area contributed by atoms with Crippen molar-refractivity contribution in [2.75, 3.05) is 33.4 Å². The van der Waals surface area contributed by atoms with Gasteiger partial charge in [-0.3, -0.25) is 4.79 Å². The van der Waals surface area contributed by atoms with Crippen LogP contribution in [0.1, 0.15) is 105 Å². The third-order valence-electron chi connectivity index (χ3n) is 16.2. The summed E-state index contributed by atoms with van der Waals surface area (Å²) in [5.41, 5.74) is 0.343. The van der Waals surface area contributed by atoms with Gasteiger partial charge in [0.25, 0.3) is 0 Å². The number of hydrogen-bond donors (Lipinski definition) is 1. The zero-order chi connectivity index (χ0) is 33.1. The number of methoxy groups -OCH3 is 1. The fraction of sp³-hybridized carbons (Fsp3) is 0.947. The second-order valence-electron chi connectivity index (χ2n) is 18.3. The van der Waals surface area contributed by atoms with Crippen LogP contribution in [-0.4, -0.2) is 86.2 Å². The van der Waals surface area contributed by atoms with Crippen molar-refractivity contribution in [3.63, 3.8) is 0 Å². The van der Waals surface area contributed by atoms with Crippen molar-refractivity contribution in [3.05, 3.63) is 0 Å². The summed E-state index contributed by atoms with van der Waals surface area (Å²) in [6.45, 7) is 14.0. The van der Waals surface area contributed by atoms with Crippen molar-refractivity contribution in [2.24, 2.45) is 56.7 Å². The molecule has 2 aliphatic heterocycles. The van der Waals surface area contributed by atoms with Crippen LogP contribution in [0.3, 0.4) is 0 Å². The standard InChI is InChI=1S/C38H59NO8/c1-22-17-24(20-45-33(42)43-6)46-31-30(22)35(4)13-14-38-21-37(38)12-11-27(34(2,3)25(37)9-10-26(38)36(35,5)32(31)41)47-29-19-39(15-16-44-29)28(40)18-23-7-8-23/h22-27,29-32,41H,7-21H2,1-6H3/t22-,24-,25+,26+,27+,29+,30+,31+,32+,35-,36-,37-,38+/m1/s1. The van der Waals surface area contributed by atoms with E-state index in [1.807, 2.05) is 4.90 Å². The number of aliphatic hydroxyl groups is 1. The molecule has 0 radical (unpaired) electrons. The number of amides is 1. The van der Waals surface area contributed by atoms with E-state index >= 15 is 0 Å². The predicted molar refractivity (Wildman–Crippen MR) is 173 cm³/mol. The summed E-state index contributed by atoms with van der Waals surface area (Å²) in [4.78, 5) is 26.6. The highest BCUT2D eigenvalue weighted by atomic mass is 16.7. The summed E-state index contributed by atoms with van der Waals surface area (Å²) in [6, 6.07) is 0. The van der Waals surface area contributed by atoms with Gasteiger partial charge in [0.05, 0.1) is 44.7 Å². The molecule has 8 aliphatic rings. The molecule has 1 amide bonds. The minimum absolute atomic E-state index is 0.00476. The van der Waals surface area contributed by atoms with Crippen LogP contribution in [0.5, 0.6) is 0 Å². The average molecular weight is 658 g/mol. The van der Waals surface area contributed by atoms with Crippen molar-refractivity contribution in [3.8, 4) is 0 Å². The molecule has 6 aliphatic carbocycles. The van der Waals surface area contributed by atoms with Crippen LogP contribution >= 0.6 is 0 Å². The molecule has 9 heteroatoms. The van der Waals surface area contributed by atoms with E-state index in [4.69, 9.17) is 23.7 Å². The molecule has 0 aromatic rings. The van der Waals surface area contributed by atoms with E-state index < -0.39 is 12.3 Å². The van der Waals surface area contributed by atoms with E-state index in [1.54, 1.807) is 0 Å². The monoisotopic (exact) mass is 657 g/mol. The molecule has 6 saturated carbocycles. The number of aliphatic hydroxyl groups excluding tert-OH is 1. The Balaban J connectivity index is 0.987. The zero-order valence-electron chi connectivity index (χ0n) is 29.6. The second-order valence-corrected chi connectivity index (χ2v) is 18.3. The third kappa shape index (κ3) is 4.60. The topological polar surface area (TPSA) is 104 Å². The SMILES string of the molecule is COC(=O)OC[C@H]1C[C@@H](C)[C@H]2[C@H](O1)[C@H](O)[C@@]1(C)[C@@H]3CC[C@H]4C(C)(C)[C@@H](O[C@H]5CN(C(=O)CC6CC6)CCO5)CC[C@@]45C[C@@]35CC[C@]21C. The number of morpholine rings is 1. The average Bonchev–Trinajstić information content (AvgIpc) is 3.96. The fourth-order valence-corrected chi connectivity index (χ4v) is 13.8. The molecule has 264 valence electrons. The van der Waals surface area contributed by atoms with Gasteiger partial charge in [-0.15, -0.1) is 0 Å². The lowest BCUT2D eigenvalue weighted by Gasteiger charge is -2.64. The van der Waals surface area contributed by atoms with E-state index in [-0.39, 0.29) is 64.7 Å². The Hall–Kier alpha value is -1.42. The van der Waals surface area contributed by atoms with Crippen LogP contribution in [-0.2, 0) is 28.5 Å². The van der Waals surface area contributed by atoms with Crippen LogP contribution in [0.25, 0.3) is 0 Å². The van der Waals surface area contributed by atoms with Crippen molar-refractivity contribution in [2.45, 2.75) is 136 Å². The molecule has 8 rings (SSSR count). The number of carbonyl (C=O) groups is 2. The Morgan fingerprint density at radius 3 is 2.47 bits per heavy atom. The maximum Gasteiger partial charge on any atom is 0.508 e. The number of carbonyl (C=O) groups excluding carboxylic acids is 2. The van der Waals surface area contributed by atoms with E-state index in [1.165, 1.54) is 39.2 Å². The summed E-state index contributed by atoms with van der Waals surface area (Å²) in [5, 5.41) is 12.4. The lowest BCUT2D eigenvalue weighted by Crippen LogP contribution is -2.60. The Kier molecular flexibility index (Phi) is 7.70. The Labute approximate surface area is 281 Å². The predicted octanol–water partition coefficient (Wildman–Crippen LogP) is 5.95. The van der Waals surface area contributed by atoms with Gasteiger partial charge < -0.3 is 33.7 Å². The number of ether oxygens (including phenoxy) is 5. The molecular weight excluding hydrogens is 598 g/mol. The third-order valence-corrected chi connectivity index (χ3v) is 16.2. The van der Waals surface area contributed by atoms with Gasteiger partial charge in [-0.2, -0.15) is 0 Å². The van der Waals surface area contributed by atoms with Crippen LogP contribution in [0.15, 0.2) is 0 Å². The van der Waals surface area contributed by atoms with Gasteiger partial charge in [0.15, 0.2) is 6.29 Å². The van der Waals surface area contributed by atoms with Crippen molar-refractivity contribution >= 4 is 12.1 Å². The first kappa shape index (κ1) is 32.8. The molecule has 47 heavy (non-hydrogen) atoms. The highest BCUT2D eigenvalue weighted by Crippen LogP contribution is 2.89. The maximum absolute atomic E-state index is 12.9. The maximum atomic E-state index is 12.9. The Morgan fingerprint density at radius 1 is 0.979 bits per heavy atom. The van der Waals surface area contributed by atoms with Gasteiger partial charge in [-0.1, -0.05) is 34.6 Å². The fourth-order valence-electron chi connectivity index (χ4n) is 13.8. The van der Waals surface area contributed by atoms with E-state index in [0.717, 1.165) is 32.1 Å². The van der Waals surface area contributed by atoms with E-state index in [2.05, 4.69) is 34.6 Å². The molecule has 13 atom stereocenters. The first-order valence-electron chi connectivity index (χ1n) is 18.9. The quantitative estimate of drug-likeness (QED) is 0.350. The summed E-state index contributed by atoms with van der Waals surface area (Å²) < 4.78 is 29.6. The van der Waals surface area contributed by atoms with E-state index in [9.17, 15) is 14.7 Å².